The van der Waals surface area contributed by atoms with Crippen molar-refractivity contribution in [3.8, 4) is 5.75 Å². The third-order valence-electron chi connectivity index (χ3n) is 9.70. The Hall–Kier alpha value is -7.60. The number of carbonyl (C=O) groups is 2. The van der Waals surface area contributed by atoms with Crippen LogP contribution < -0.4 is 15.4 Å². The summed E-state index contributed by atoms with van der Waals surface area (Å²) in [7, 11) is -5.92. The first-order valence-corrected chi connectivity index (χ1v) is 23.7. The molecule has 0 aliphatic heterocycles. The molecule has 3 N–H and O–H groups in total. The van der Waals surface area contributed by atoms with Gasteiger partial charge in [0.05, 0.1) is 56.0 Å². The summed E-state index contributed by atoms with van der Waals surface area (Å²) in [5, 5.41) is 39.2. The van der Waals surface area contributed by atoms with Crippen LogP contribution in [0.25, 0.3) is 0 Å². The van der Waals surface area contributed by atoms with E-state index < -0.39 is 41.1 Å². The lowest BCUT2D eigenvalue weighted by Crippen LogP contribution is -2.10. The van der Waals surface area contributed by atoms with E-state index in [1.165, 1.54) is 35.9 Å². The van der Waals surface area contributed by atoms with Crippen molar-refractivity contribution >= 4 is 88.8 Å². The second kappa shape index (κ2) is 19.9. The van der Waals surface area contributed by atoms with Gasteiger partial charge in [-0.05, 0) is 67.9 Å². The van der Waals surface area contributed by atoms with E-state index in [9.17, 15) is 46.7 Å². The zero-order chi connectivity index (χ0) is 49.0. The highest BCUT2D eigenvalue weighted by molar-refractivity contribution is 7.90. The number of carbonyl (C=O) groups excluding carboxylic acids is 2. The summed E-state index contributed by atoms with van der Waals surface area (Å²) in [4.78, 5) is 56.2. The van der Waals surface area contributed by atoms with Gasteiger partial charge in [-0.25, -0.2) is 26.8 Å². The molecule has 0 saturated heterocycles. The highest BCUT2D eigenvalue weighted by Gasteiger charge is 2.29. The predicted octanol–water partition coefficient (Wildman–Crippen LogP) is 7.64. The number of hydrogen-bond donors (Lipinski definition) is 3. The summed E-state index contributed by atoms with van der Waals surface area (Å²) in [6.07, 6.45) is 4.09. The van der Waals surface area contributed by atoms with Gasteiger partial charge < -0.3 is 15.4 Å². The maximum absolute atomic E-state index is 13.3. The number of H-pyrrole nitrogens is 1. The molecule has 0 amide bonds. The van der Waals surface area contributed by atoms with E-state index in [2.05, 4.69) is 35.9 Å². The van der Waals surface area contributed by atoms with Crippen molar-refractivity contribution in [1.29, 1.82) is 0 Å². The number of ether oxygens (including phenoxy) is 1. The Kier molecular flexibility index (Phi) is 14.5. The molecule has 0 aliphatic rings. The van der Waals surface area contributed by atoms with Crippen LogP contribution in [0, 0.1) is 34.1 Å². The summed E-state index contributed by atoms with van der Waals surface area (Å²) in [6.45, 7) is 3.22. The number of methoxy groups -OCH3 is 1. The molecule has 0 atom stereocenters. The number of aromatic amines is 1. The molecule has 7 rings (SSSR count). The molecule has 7 aromatic rings. The Morgan fingerprint density at radius 3 is 1.61 bits per heavy atom. The van der Waals surface area contributed by atoms with Crippen molar-refractivity contribution in [1.82, 2.24) is 29.9 Å². The van der Waals surface area contributed by atoms with Crippen LogP contribution in [-0.4, -0.2) is 87.8 Å². The third-order valence-corrected chi connectivity index (χ3v) is 12.3. The molecule has 25 heteroatoms. The second-order valence-corrected chi connectivity index (χ2v) is 19.1. The standard InChI is InChI=1S/C25H22ClN5O6S.C17H14ClN5O5S/c1-15-23(31(33)34)25(29-30(15)14-16-8-10-17(37-2)11-9-16)28-21-12-22(38(3,35)36)27-13-19(21)24(32)18-6-4-5-7-20(18)26;1-9-15(23(25)26)17(22-21-9)20-13-7-14(29(2,27)28)19-8-11(13)16(24)10-5-3-4-6-12(10)18/h4-13H,14H2,1-3H3,(H,27,28,29);3-8H,1-2H3,(H2,19,20,21,22). The SMILES string of the molecule is COc1ccc(Cn2nc(Nc3cc(S(C)(=O)=O)ncc3C(=O)c3ccccc3Cl)c([N+](=O)[O-])c2C)cc1.Cc1[nH]nc(Nc2cc(S(C)(=O)=O)ncc2C(=O)c2ccccc2Cl)c1[N+](=O)[O-]. The fraction of sp³-hybridized carbons (Fsp3) is 0.143. The summed E-state index contributed by atoms with van der Waals surface area (Å²) in [6, 6.07) is 22.0. The molecule has 3 aromatic carbocycles. The van der Waals surface area contributed by atoms with Crippen molar-refractivity contribution < 1.29 is 41.0 Å². The molecule has 4 heterocycles. The van der Waals surface area contributed by atoms with Gasteiger partial charge in [0.1, 0.15) is 17.1 Å². The lowest BCUT2D eigenvalue weighted by molar-refractivity contribution is -0.384. The van der Waals surface area contributed by atoms with E-state index in [1.54, 1.807) is 62.6 Å². The molecular formula is C42H36Cl2N10O11S2. The summed E-state index contributed by atoms with van der Waals surface area (Å²) in [5.74, 6) is -0.774. The molecular weight excluding hydrogens is 956 g/mol. The van der Waals surface area contributed by atoms with Gasteiger partial charge in [-0.1, -0.05) is 59.6 Å². The normalized spacial score (nSPS) is 11.3. The molecule has 0 radical (unpaired) electrons. The highest BCUT2D eigenvalue weighted by atomic mass is 35.5. The van der Waals surface area contributed by atoms with Crippen LogP contribution in [0.15, 0.2) is 107 Å². The monoisotopic (exact) mass is 990 g/mol. The number of benzene rings is 3. The third kappa shape index (κ3) is 11.1. The number of halogens is 2. The fourth-order valence-corrected chi connectivity index (χ4v) is 7.91. The fourth-order valence-electron chi connectivity index (χ4n) is 6.31. The molecule has 346 valence electrons. The van der Waals surface area contributed by atoms with Gasteiger partial charge in [0, 0.05) is 36.0 Å². The topological polar surface area (TPSA) is 294 Å². The molecule has 0 saturated carbocycles. The van der Waals surface area contributed by atoms with E-state index in [0.717, 1.165) is 42.6 Å². The number of nitrogens with one attached hydrogen (secondary N) is 3. The van der Waals surface area contributed by atoms with Gasteiger partial charge in [0.15, 0.2) is 41.3 Å². The smallest absolute Gasteiger partial charge is 0.334 e. The number of hydrogen-bond acceptors (Lipinski definition) is 17. The predicted molar refractivity (Wildman–Crippen MR) is 247 cm³/mol. The zero-order valence-electron chi connectivity index (χ0n) is 35.6. The minimum atomic E-state index is -3.77. The van der Waals surface area contributed by atoms with Crippen LogP contribution >= 0.6 is 23.2 Å². The van der Waals surface area contributed by atoms with Crippen LogP contribution in [0.2, 0.25) is 10.0 Å². The van der Waals surface area contributed by atoms with Crippen LogP contribution in [0.3, 0.4) is 0 Å². The number of sulfone groups is 2. The Morgan fingerprint density at radius 1 is 0.716 bits per heavy atom. The number of aryl methyl sites for hydroxylation is 1. The molecule has 0 bridgehead atoms. The number of nitro groups is 2. The van der Waals surface area contributed by atoms with Gasteiger partial charge in [0.2, 0.25) is 11.6 Å². The maximum Gasteiger partial charge on any atom is 0.334 e. The van der Waals surface area contributed by atoms with E-state index in [0.29, 0.717) is 5.75 Å². The van der Waals surface area contributed by atoms with Crippen LogP contribution in [0.5, 0.6) is 5.75 Å². The van der Waals surface area contributed by atoms with Gasteiger partial charge >= 0.3 is 11.4 Å². The minimum Gasteiger partial charge on any atom is -0.497 e. The van der Waals surface area contributed by atoms with Crippen molar-refractivity contribution in [3.63, 3.8) is 0 Å². The Labute approximate surface area is 391 Å². The first-order valence-electron chi connectivity index (χ1n) is 19.2. The molecule has 21 nitrogen and oxygen atoms in total. The molecule has 0 spiro atoms. The minimum absolute atomic E-state index is 0.0139. The quantitative estimate of drug-likeness (QED) is 0.0505. The van der Waals surface area contributed by atoms with E-state index >= 15 is 0 Å². The van der Waals surface area contributed by atoms with Crippen molar-refractivity contribution in [2.75, 3.05) is 30.3 Å². The van der Waals surface area contributed by atoms with Gasteiger partial charge in [-0.2, -0.15) is 0 Å². The average molecular weight is 992 g/mol. The molecule has 67 heavy (non-hydrogen) atoms. The molecule has 0 aliphatic carbocycles. The lowest BCUT2D eigenvalue weighted by Gasteiger charge is -2.12. The van der Waals surface area contributed by atoms with Gasteiger partial charge in [-0.3, -0.25) is 39.6 Å². The van der Waals surface area contributed by atoms with Gasteiger partial charge in [-0.15, -0.1) is 10.2 Å². The van der Waals surface area contributed by atoms with Crippen molar-refractivity contribution in [2.45, 2.75) is 30.4 Å². The highest BCUT2D eigenvalue weighted by Crippen LogP contribution is 2.35. The lowest BCUT2D eigenvalue weighted by atomic mass is 10.0. The second-order valence-electron chi connectivity index (χ2n) is 14.4. The summed E-state index contributed by atoms with van der Waals surface area (Å²) >= 11 is 12.3. The number of pyridine rings is 2. The summed E-state index contributed by atoms with van der Waals surface area (Å²) < 4.78 is 54.8. The van der Waals surface area contributed by atoms with E-state index in [4.69, 9.17) is 27.9 Å². The number of rotatable bonds is 15. The number of aromatic nitrogens is 6. The average Bonchev–Trinajstić information content (AvgIpc) is 3.80. The summed E-state index contributed by atoms with van der Waals surface area (Å²) in [5.41, 5.74) is 0.811. The first kappa shape index (κ1) is 48.8. The number of ketones is 2. The first-order chi connectivity index (χ1) is 31.6. The molecule has 0 fully saturated rings. The van der Waals surface area contributed by atoms with Gasteiger partial charge in [0.25, 0.3) is 0 Å². The maximum atomic E-state index is 13.3. The van der Waals surface area contributed by atoms with Crippen molar-refractivity contribution in [3.05, 3.63) is 167 Å². The van der Waals surface area contributed by atoms with E-state index in [1.807, 2.05) is 0 Å². The number of anilines is 4. The van der Waals surface area contributed by atoms with Crippen LogP contribution in [0.4, 0.5) is 34.4 Å². The molecule has 4 aromatic heterocycles. The molecule has 0 unspecified atom stereocenters. The van der Waals surface area contributed by atoms with Crippen molar-refractivity contribution in [2.24, 2.45) is 0 Å². The van der Waals surface area contributed by atoms with Crippen LogP contribution in [-0.2, 0) is 26.2 Å². The Balaban J connectivity index is 0.000000229. The van der Waals surface area contributed by atoms with E-state index in [-0.39, 0.29) is 94.7 Å². The Morgan fingerprint density at radius 2 is 1.18 bits per heavy atom. The zero-order valence-corrected chi connectivity index (χ0v) is 38.8. The number of nitrogens with zero attached hydrogens (tertiary/aromatic N) is 7. The Bertz CT molecular complexity index is 3330. The van der Waals surface area contributed by atoms with Crippen LogP contribution in [0.1, 0.15) is 48.8 Å². The largest absolute Gasteiger partial charge is 0.497 e.